The Kier molecular flexibility index (Phi) is 2.96. The molecule has 0 aromatic heterocycles. The molecule has 6 fully saturated rings. The molecule has 140 valence electrons. The van der Waals surface area contributed by atoms with E-state index >= 15 is 0 Å². The molecule has 0 aromatic rings. The Hall–Kier alpha value is 2.33. The summed E-state index contributed by atoms with van der Waals surface area (Å²) in [5.74, 6) is -0.676. The molecule has 6 aliphatic carbocycles. The molecule has 6 saturated carbocycles. The molecule has 0 aliphatic heterocycles. The smallest absolute Gasteiger partial charge is 0.219 e. The van der Waals surface area contributed by atoms with Crippen LogP contribution < -0.4 is 5.32 Å². The van der Waals surface area contributed by atoms with Crippen molar-refractivity contribution in [1.82, 2.24) is 5.32 Å². The summed E-state index contributed by atoms with van der Waals surface area (Å²) in [6.45, 7) is 1.14. The van der Waals surface area contributed by atoms with E-state index in [4.69, 9.17) is 116 Å². The molecule has 2 N–H and O–H groups in total. The Morgan fingerprint density at radius 3 is 1.16 bits per heavy atom. The van der Waals surface area contributed by atoms with Crippen molar-refractivity contribution in [2.75, 3.05) is 0 Å². The second-order valence-electron chi connectivity index (χ2n) is 7.23. The molecule has 4 bridgehead atoms. The minimum absolute atomic E-state index is 0.676. The summed E-state index contributed by atoms with van der Waals surface area (Å²) >= 11 is 67.4. The molecule has 6 rings (SSSR count). The van der Waals surface area contributed by atoms with Gasteiger partial charge in [0.2, 0.25) is 5.91 Å². The van der Waals surface area contributed by atoms with Gasteiger partial charge in [0.15, 0.2) is 10.1 Å². The fraction of sp³-hybridized carbons (Fsp3) is 0.917. The molecule has 4 unspecified atom stereocenters. The fourth-order valence-electron chi connectivity index (χ4n) is 6.44. The minimum Gasteiger partial charge on any atom is -0.367 e. The SMILES string of the molecule is CC(=O)NC1(O)C2(Cl)C3(Cl)C4(Cl)C(Cl)(Cl)C5(Cl)C3(Cl)C1(Cl)C5(Cl)C42Cl. The number of aliphatic hydroxyl groups is 1. The van der Waals surface area contributed by atoms with Crippen LogP contribution in [-0.4, -0.2) is 60.1 Å². The van der Waals surface area contributed by atoms with Gasteiger partial charge in [-0.15, -0.1) is 92.8 Å². The molecule has 6 aliphatic rings. The van der Waals surface area contributed by atoms with Gasteiger partial charge in [-0.3, -0.25) is 4.79 Å². The van der Waals surface area contributed by atoms with Gasteiger partial charge in [-0.25, -0.2) is 0 Å². The van der Waals surface area contributed by atoms with Crippen LogP contribution in [0.5, 0.6) is 0 Å². The van der Waals surface area contributed by atoms with Gasteiger partial charge in [-0.05, 0) is 0 Å². The predicted octanol–water partition coefficient (Wildman–Crippen LogP) is 3.87. The van der Waals surface area contributed by atoms with Crippen molar-refractivity contribution >= 4 is 122 Å². The molecule has 0 heterocycles. The molecule has 0 saturated heterocycles. The van der Waals surface area contributed by atoms with Crippen molar-refractivity contribution in [3.8, 4) is 0 Å². The van der Waals surface area contributed by atoms with Crippen LogP contribution in [0.1, 0.15) is 6.92 Å². The lowest BCUT2D eigenvalue weighted by atomic mass is 9.41. The molecule has 1 amide bonds. The van der Waals surface area contributed by atoms with Crippen molar-refractivity contribution in [3.63, 3.8) is 0 Å². The average molecular weight is 550 g/mol. The number of hydrogen-bond donors (Lipinski definition) is 2. The zero-order valence-corrected chi connectivity index (χ0v) is 19.2. The third-order valence-corrected chi connectivity index (χ3v) is 16.2. The molecule has 0 aromatic carbocycles. The predicted molar refractivity (Wildman–Crippen MR) is 102 cm³/mol. The Balaban J connectivity index is 1.99. The second kappa shape index (κ2) is 3.84. The molecule has 3 nitrogen and oxygen atoms in total. The first-order chi connectivity index (χ1) is 10.9. The Bertz CT molecular complexity index is 747. The Labute approximate surface area is 191 Å². The first-order valence-corrected chi connectivity index (χ1v) is 10.6. The van der Waals surface area contributed by atoms with Crippen molar-refractivity contribution in [2.45, 2.75) is 56.0 Å². The largest absolute Gasteiger partial charge is 0.367 e. The molecular formula is C12H5Cl10NO2. The van der Waals surface area contributed by atoms with Gasteiger partial charge in [-0.2, -0.15) is 0 Å². The lowest BCUT2D eigenvalue weighted by Gasteiger charge is -2.81. The van der Waals surface area contributed by atoms with E-state index < -0.39 is 55.0 Å². The van der Waals surface area contributed by atoms with E-state index in [0.717, 1.165) is 6.92 Å². The number of carbonyl (C=O) groups is 1. The number of amides is 1. The highest BCUT2D eigenvalue weighted by atomic mass is 35.5. The van der Waals surface area contributed by atoms with Crippen LogP contribution in [0.2, 0.25) is 0 Å². The summed E-state index contributed by atoms with van der Waals surface area (Å²) in [5.41, 5.74) is -2.44. The van der Waals surface area contributed by atoms with Crippen LogP contribution in [0.25, 0.3) is 0 Å². The normalized spacial score (nSPS) is 75.5. The summed E-state index contributed by atoms with van der Waals surface area (Å²) in [7, 11) is 0. The third-order valence-electron chi connectivity index (χ3n) is 6.97. The van der Waals surface area contributed by atoms with Gasteiger partial charge in [-0.1, -0.05) is 23.2 Å². The maximum absolute atomic E-state index is 11.8. The van der Waals surface area contributed by atoms with Gasteiger partial charge in [0.25, 0.3) is 0 Å². The van der Waals surface area contributed by atoms with Crippen LogP contribution in [0.15, 0.2) is 0 Å². The molecule has 25 heavy (non-hydrogen) atoms. The first kappa shape index (κ1) is 19.3. The quantitative estimate of drug-likeness (QED) is 0.386. The van der Waals surface area contributed by atoms with Crippen LogP contribution in [0.4, 0.5) is 0 Å². The molecule has 13 heteroatoms. The lowest BCUT2D eigenvalue weighted by Crippen LogP contribution is -3.03. The van der Waals surface area contributed by atoms with E-state index in [1.54, 1.807) is 0 Å². The zero-order valence-electron chi connectivity index (χ0n) is 11.6. The van der Waals surface area contributed by atoms with Crippen LogP contribution >= 0.6 is 116 Å². The van der Waals surface area contributed by atoms with Crippen molar-refractivity contribution in [1.29, 1.82) is 0 Å². The number of alkyl halides is 10. The van der Waals surface area contributed by atoms with Crippen molar-refractivity contribution in [2.24, 2.45) is 0 Å². The second-order valence-corrected chi connectivity index (χ2v) is 13.1. The van der Waals surface area contributed by atoms with Gasteiger partial charge in [0.1, 0.15) is 39.0 Å². The standard InChI is InChI=1S/C12H5Cl10NO2/c1-2(24)23-12(25)9(19)3(13)4(14)8(18)6(16,10(4,12)20)5(9,15)7(3,17)11(8,21)22/h25H,1H3,(H,23,24). The average Bonchev–Trinajstić information content (AvgIpc) is 2.70. The number of carbonyl (C=O) groups excluding carboxylic acids is 1. The van der Waals surface area contributed by atoms with Gasteiger partial charge >= 0.3 is 0 Å². The fourth-order valence-corrected chi connectivity index (χ4v) is 15.1. The van der Waals surface area contributed by atoms with Crippen LogP contribution in [0.3, 0.4) is 0 Å². The summed E-state index contributed by atoms with van der Waals surface area (Å²) < 4.78 is -2.04. The molecule has 0 radical (unpaired) electrons. The van der Waals surface area contributed by atoms with E-state index in [0.29, 0.717) is 0 Å². The number of nitrogens with one attached hydrogen (secondary N) is 1. The van der Waals surface area contributed by atoms with E-state index in [1.807, 2.05) is 0 Å². The van der Waals surface area contributed by atoms with Crippen molar-refractivity contribution < 1.29 is 9.90 Å². The van der Waals surface area contributed by atoms with Gasteiger partial charge in [0.05, 0.1) is 0 Å². The molecular weight excluding hydrogens is 545 g/mol. The maximum atomic E-state index is 11.8. The highest BCUT2D eigenvalue weighted by Crippen LogP contribution is 3.11. The Morgan fingerprint density at radius 1 is 0.640 bits per heavy atom. The van der Waals surface area contributed by atoms with E-state index in [1.165, 1.54) is 0 Å². The highest BCUT2D eigenvalue weighted by molar-refractivity contribution is 6.78. The minimum atomic E-state index is -2.44. The summed E-state index contributed by atoms with van der Waals surface area (Å²) in [5, 5.41) is 13.7. The first-order valence-electron chi connectivity index (χ1n) is 6.82. The summed E-state index contributed by atoms with van der Waals surface area (Å²) in [6, 6.07) is 0. The third kappa shape index (κ3) is 0.877. The monoisotopic (exact) mass is 545 g/mol. The van der Waals surface area contributed by atoms with E-state index in [-0.39, 0.29) is 0 Å². The summed E-state index contributed by atoms with van der Waals surface area (Å²) in [6.07, 6.45) is 0. The topological polar surface area (TPSA) is 49.3 Å². The zero-order chi connectivity index (χ0) is 19.3. The van der Waals surface area contributed by atoms with E-state index in [9.17, 15) is 9.90 Å². The number of hydrogen-bond acceptors (Lipinski definition) is 2. The van der Waals surface area contributed by atoms with Gasteiger partial charge in [0, 0.05) is 6.92 Å². The highest BCUT2D eigenvalue weighted by Gasteiger charge is 3.32. The summed E-state index contributed by atoms with van der Waals surface area (Å²) in [4.78, 5) is -4.36. The lowest BCUT2D eigenvalue weighted by molar-refractivity contribution is -0.131. The number of rotatable bonds is 1. The molecule has 0 spiro atoms. The van der Waals surface area contributed by atoms with Crippen LogP contribution in [-0.2, 0) is 4.79 Å². The van der Waals surface area contributed by atoms with Crippen molar-refractivity contribution in [3.05, 3.63) is 0 Å². The number of halogens is 10. The molecule has 4 atom stereocenters. The van der Waals surface area contributed by atoms with Gasteiger partial charge < -0.3 is 10.4 Å². The van der Waals surface area contributed by atoms with E-state index in [2.05, 4.69) is 5.32 Å². The maximum Gasteiger partial charge on any atom is 0.219 e. The Morgan fingerprint density at radius 2 is 0.920 bits per heavy atom. The van der Waals surface area contributed by atoms with Crippen LogP contribution in [0, 0.1) is 0 Å².